The third-order valence-electron chi connectivity index (χ3n) is 1.75. The van der Waals surface area contributed by atoms with Crippen molar-refractivity contribution in [2.45, 2.75) is 20.3 Å². The summed E-state index contributed by atoms with van der Waals surface area (Å²) >= 11 is 0. The van der Waals surface area contributed by atoms with E-state index in [2.05, 4.69) is 24.2 Å². The molecule has 1 rings (SSSR count). The summed E-state index contributed by atoms with van der Waals surface area (Å²) in [7, 11) is 0. The maximum absolute atomic E-state index is 8.44. The molecule has 1 N–H and O–H groups in total. The molecule has 1 aromatic rings. The zero-order valence-electron chi connectivity index (χ0n) is 7.41. The number of oxime groups is 1. The van der Waals surface area contributed by atoms with Crippen LogP contribution in [0.15, 0.2) is 29.4 Å². The zero-order chi connectivity index (χ0) is 8.97. The lowest BCUT2D eigenvalue weighted by atomic mass is 10.1. The van der Waals surface area contributed by atoms with E-state index in [0.29, 0.717) is 0 Å². The molecule has 0 atom stereocenters. The molecule has 0 aliphatic rings. The molecule has 0 bridgehead atoms. The fourth-order valence-corrected chi connectivity index (χ4v) is 1.04. The summed E-state index contributed by atoms with van der Waals surface area (Å²) in [6.45, 7) is 3.86. The second kappa shape index (κ2) is 3.90. The van der Waals surface area contributed by atoms with Gasteiger partial charge in [-0.15, -0.1) is 0 Å². The minimum absolute atomic E-state index is 0.719. The summed E-state index contributed by atoms with van der Waals surface area (Å²) in [5.74, 6) is 0. The topological polar surface area (TPSA) is 32.6 Å². The van der Waals surface area contributed by atoms with E-state index in [-0.39, 0.29) is 0 Å². The number of hydrogen-bond acceptors (Lipinski definition) is 2. The third kappa shape index (κ3) is 2.38. The van der Waals surface area contributed by atoms with E-state index in [1.165, 1.54) is 11.1 Å². The predicted molar refractivity (Wildman–Crippen MR) is 49.8 cm³/mol. The quantitative estimate of drug-likeness (QED) is 0.405. The molecule has 64 valence electrons. The molecule has 0 radical (unpaired) electrons. The lowest BCUT2D eigenvalue weighted by molar-refractivity contribution is 0.317. The van der Waals surface area contributed by atoms with E-state index in [4.69, 9.17) is 5.21 Å². The molecule has 0 saturated heterocycles. The molecule has 0 saturated carbocycles. The Morgan fingerprint density at radius 3 is 2.42 bits per heavy atom. The predicted octanol–water partition coefficient (Wildman–Crippen LogP) is 2.39. The van der Waals surface area contributed by atoms with Gasteiger partial charge < -0.3 is 5.21 Å². The first-order valence-corrected chi connectivity index (χ1v) is 3.95. The van der Waals surface area contributed by atoms with Gasteiger partial charge in [-0.2, -0.15) is 0 Å². The van der Waals surface area contributed by atoms with Gasteiger partial charge in [0.2, 0.25) is 0 Å². The summed E-state index contributed by atoms with van der Waals surface area (Å²) in [4.78, 5) is 0. The fraction of sp³-hybridized carbons (Fsp3) is 0.300. The molecule has 2 nitrogen and oxygen atoms in total. The van der Waals surface area contributed by atoms with E-state index in [1.807, 2.05) is 12.1 Å². The molecule has 0 amide bonds. The van der Waals surface area contributed by atoms with Gasteiger partial charge in [0, 0.05) is 6.42 Å². The molecule has 1 aromatic carbocycles. The Hall–Kier alpha value is -1.31. The standard InChI is InChI=1S/C10H13NO/c1-8-3-5-10(6-4-8)7-9(2)11-12/h3-6,12H,7H2,1-2H3/b11-9-. The highest BCUT2D eigenvalue weighted by molar-refractivity contribution is 5.83. The van der Waals surface area contributed by atoms with Crippen LogP contribution in [-0.4, -0.2) is 10.9 Å². The highest BCUT2D eigenvalue weighted by Crippen LogP contribution is 2.04. The number of hydrogen-bond donors (Lipinski definition) is 1. The van der Waals surface area contributed by atoms with Crippen LogP contribution in [0.1, 0.15) is 18.1 Å². The Balaban J connectivity index is 2.71. The van der Waals surface area contributed by atoms with Crippen LogP contribution < -0.4 is 0 Å². The van der Waals surface area contributed by atoms with Gasteiger partial charge in [0.15, 0.2) is 0 Å². The Morgan fingerprint density at radius 1 is 1.33 bits per heavy atom. The van der Waals surface area contributed by atoms with Crippen LogP contribution in [0.5, 0.6) is 0 Å². The van der Waals surface area contributed by atoms with Crippen molar-refractivity contribution in [1.29, 1.82) is 0 Å². The van der Waals surface area contributed by atoms with Gasteiger partial charge in [0.25, 0.3) is 0 Å². The first-order valence-electron chi connectivity index (χ1n) is 3.95. The van der Waals surface area contributed by atoms with Crippen LogP contribution in [0.4, 0.5) is 0 Å². The van der Waals surface area contributed by atoms with Gasteiger partial charge in [0.1, 0.15) is 0 Å². The highest BCUT2D eigenvalue weighted by Gasteiger charge is 1.94. The van der Waals surface area contributed by atoms with E-state index >= 15 is 0 Å². The fourth-order valence-electron chi connectivity index (χ4n) is 1.04. The van der Waals surface area contributed by atoms with Crippen LogP contribution in [0.25, 0.3) is 0 Å². The van der Waals surface area contributed by atoms with Crippen molar-refractivity contribution in [2.24, 2.45) is 5.16 Å². The monoisotopic (exact) mass is 163 g/mol. The van der Waals surface area contributed by atoms with Crippen LogP contribution in [0.2, 0.25) is 0 Å². The Morgan fingerprint density at radius 2 is 1.92 bits per heavy atom. The van der Waals surface area contributed by atoms with E-state index < -0.39 is 0 Å². The van der Waals surface area contributed by atoms with Crippen LogP contribution in [0, 0.1) is 6.92 Å². The maximum atomic E-state index is 8.44. The molecule has 0 aliphatic heterocycles. The summed E-state index contributed by atoms with van der Waals surface area (Å²) in [6.07, 6.45) is 0.719. The van der Waals surface area contributed by atoms with E-state index in [1.54, 1.807) is 6.92 Å². The number of nitrogens with zero attached hydrogens (tertiary/aromatic N) is 1. The molecule has 12 heavy (non-hydrogen) atoms. The number of benzene rings is 1. The second-order valence-corrected chi connectivity index (χ2v) is 3.00. The largest absolute Gasteiger partial charge is 0.411 e. The summed E-state index contributed by atoms with van der Waals surface area (Å²) in [5.41, 5.74) is 3.16. The average molecular weight is 163 g/mol. The molecule has 0 aromatic heterocycles. The van der Waals surface area contributed by atoms with Gasteiger partial charge in [-0.05, 0) is 19.4 Å². The summed E-state index contributed by atoms with van der Waals surface area (Å²) < 4.78 is 0. The molecule has 0 fully saturated rings. The van der Waals surface area contributed by atoms with E-state index in [0.717, 1.165) is 12.1 Å². The van der Waals surface area contributed by atoms with Crippen molar-refractivity contribution in [3.8, 4) is 0 Å². The third-order valence-corrected chi connectivity index (χ3v) is 1.75. The van der Waals surface area contributed by atoms with Crippen LogP contribution in [0.3, 0.4) is 0 Å². The van der Waals surface area contributed by atoms with Gasteiger partial charge >= 0.3 is 0 Å². The smallest absolute Gasteiger partial charge is 0.0583 e. The maximum Gasteiger partial charge on any atom is 0.0583 e. The van der Waals surface area contributed by atoms with E-state index in [9.17, 15) is 0 Å². The highest BCUT2D eigenvalue weighted by atomic mass is 16.4. The summed E-state index contributed by atoms with van der Waals surface area (Å²) in [5, 5.41) is 11.6. The number of rotatable bonds is 2. The first kappa shape index (κ1) is 8.78. The van der Waals surface area contributed by atoms with Crippen LogP contribution >= 0.6 is 0 Å². The Labute approximate surface area is 72.5 Å². The molecule has 0 unspecified atom stereocenters. The minimum Gasteiger partial charge on any atom is -0.411 e. The zero-order valence-corrected chi connectivity index (χ0v) is 7.41. The van der Waals surface area contributed by atoms with Gasteiger partial charge in [-0.25, -0.2) is 0 Å². The number of aryl methyl sites for hydroxylation is 1. The van der Waals surface area contributed by atoms with Crippen molar-refractivity contribution < 1.29 is 5.21 Å². The van der Waals surface area contributed by atoms with Crippen LogP contribution in [-0.2, 0) is 6.42 Å². The lowest BCUT2D eigenvalue weighted by Crippen LogP contribution is -1.96. The van der Waals surface area contributed by atoms with Crippen molar-refractivity contribution in [3.05, 3.63) is 35.4 Å². The SMILES string of the molecule is C/C(Cc1ccc(C)cc1)=N/O. The van der Waals surface area contributed by atoms with Crippen molar-refractivity contribution in [3.63, 3.8) is 0 Å². The molecule has 0 heterocycles. The normalized spacial score (nSPS) is 11.7. The van der Waals surface area contributed by atoms with Crippen molar-refractivity contribution in [2.75, 3.05) is 0 Å². The Bertz CT molecular complexity index is 274. The average Bonchev–Trinajstić information content (AvgIpc) is 2.09. The second-order valence-electron chi connectivity index (χ2n) is 3.00. The molecule has 0 aliphatic carbocycles. The molecule has 2 heteroatoms. The van der Waals surface area contributed by atoms with Gasteiger partial charge in [-0.1, -0.05) is 35.0 Å². The molecular weight excluding hydrogens is 150 g/mol. The van der Waals surface area contributed by atoms with Gasteiger partial charge in [-0.3, -0.25) is 0 Å². The van der Waals surface area contributed by atoms with Gasteiger partial charge in [0.05, 0.1) is 5.71 Å². The van der Waals surface area contributed by atoms with Crippen molar-refractivity contribution >= 4 is 5.71 Å². The lowest BCUT2D eigenvalue weighted by Gasteiger charge is -1.99. The molecule has 0 spiro atoms. The summed E-state index contributed by atoms with van der Waals surface area (Å²) in [6, 6.07) is 8.20. The first-order chi connectivity index (χ1) is 5.72. The Kier molecular flexibility index (Phi) is 2.86. The molecular formula is C10H13NO. The van der Waals surface area contributed by atoms with Crippen molar-refractivity contribution in [1.82, 2.24) is 0 Å². The minimum atomic E-state index is 0.719.